The Morgan fingerprint density at radius 1 is 1.11 bits per heavy atom. The van der Waals surface area contributed by atoms with Crippen molar-refractivity contribution in [1.82, 2.24) is 9.80 Å². The molecule has 0 aliphatic carbocycles. The van der Waals surface area contributed by atoms with Crippen molar-refractivity contribution in [3.63, 3.8) is 0 Å². The number of likely N-dealkylation sites (N-methyl/N-ethyl adjacent to an activating group) is 1. The molecule has 3 aromatic rings. The summed E-state index contributed by atoms with van der Waals surface area (Å²) in [4.78, 5) is 41.3. The van der Waals surface area contributed by atoms with Crippen LogP contribution < -0.4 is 4.74 Å². The molecule has 8 nitrogen and oxygen atoms in total. The van der Waals surface area contributed by atoms with Crippen LogP contribution in [0.4, 0.5) is 4.39 Å². The summed E-state index contributed by atoms with van der Waals surface area (Å²) in [7, 11) is 2.90. The first-order valence-electron chi connectivity index (χ1n) is 11.0. The number of methoxy groups -OCH3 is 1. The Labute approximate surface area is 201 Å². The van der Waals surface area contributed by atoms with Crippen molar-refractivity contribution < 1.29 is 32.7 Å². The molecule has 2 heterocycles. The third kappa shape index (κ3) is 5.34. The van der Waals surface area contributed by atoms with Gasteiger partial charge in [-0.3, -0.25) is 9.59 Å². The van der Waals surface area contributed by atoms with Crippen LogP contribution in [0.15, 0.2) is 65.3 Å². The van der Waals surface area contributed by atoms with Crippen molar-refractivity contribution in [2.45, 2.75) is 25.6 Å². The van der Waals surface area contributed by atoms with Crippen LogP contribution in [0.5, 0.6) is 5.75 Å². The van der Waals surface area contributed by atoms with Gasteiger partial charge < -0.3 is 23.7 Å². The molecular formula is C26H25FN2O6. The molecular weight excluding hydrogens is 455 g/mol. The van der Waals surface area contributed by atoms with Gasteiger partial charge >= 0.3 is 5.97 Å². The zero-order valence-electron chi connectivity index (χ0n) is 19.4. The molecule has 1 aromatic heterocycles. The fourth-order valence-electron chi connectivity index (χ4n) is 4.00. The summed E-state index contributed by atoms with van der Waals surface area (Å²) in [5.41, 5.74) is 2.42. The maximum atomic E-state index is 13.9. The largest absolute Gasteiger partial charge is 0.494 e. The monoisotopic (exact) mass is 480 g/mol. The number of benzene rings is 2. The number of ether oxygens (including phenoxy) is 2. The maximum Gasteiger partial charge on any atom is 0.329 e. The quantitative estimate of drug-likeness (QED) is 0.483. The van der Waals surface area contributed by atoms with Gasteiger partial charge in [0.05, 0.1) is 13.4 Å². The fraction of sp³-hybridized carbons (Fsp3) is 0.269. The van der Waals surface area contributed by atoms with E-state index in [1.165, 1.54) is 48.4 Å². The molecule has 1 aliphatic heterocycles. The number of amides is 2. The molecule has 0 spiro atoms. The summed E-state index contributed by atoms with van der Waals surface area (Å²) in [6, 6.07) is 14.2. The smallest absolute Gasteiger partial charge is 0.329 e. The number of carbonyl (C=O) groups is 3. The Kier molecular flexibility index (Phi) is 7.14. The van der Waals surface area contributed by atoms with E-state index in [1.807, 2.05) is 24.3 Å². The van der Waals surface area contributed by atoms with Gasteiger partial charge in [-0.05, 0) is 41.0 Å². The third-order valence-electron chi connectivity index (χ3n) is 5.91. The van der Waals surface area contributed by atoms with Crippen molar-refractivity contribution >= 4 is 17.8 Å². The number of rotatable bonds is 7. The van der Waals surface area contributed by atoms with E-state index in [0.29, 0.717) is 5.56 Å². The van der Waals surface area contributed by atoms with Gasteiger partial charge in [0, 0.05) is 26.6 Å². The van der Waals surface area contributed by atoms with Gasteiger partial charge in [0.2, 0.25) is 0 Å². The van der Waals surface area contributed by atoms with Crippen LogP contribution >= 0.6 is 0 Å². The number of hydrogen-bond acceptors (Lipinski definition) is 6. The van der Waals surface area contributed by atoms with E-state index >= 15 is 0 Å². The van der Waals surface area contributed by atoms with E-state index in [2.05, 4.69) is 0 Å². The van der Waals surface area contributed by atoms with Gasteiger partial charge in [0.15, 0.2) is 23.9 Å². The molecule has 0 radical (unpaired) electrons. The van der Waals surface area contributed by atoms with Gasteiger partial charge in [-0.15, -0.1) is 0 Å². The highest BCUT2D eigenvalue weighted by Crippen LogP contribution is 2.26. The molecule has 0 N–H and O–H groups in total. The Balaban J connectivity index is 1.41. The topological polar surface area (TPSA) is 89.3 Å². The average Bonchev–Trinajstić information content (AvgIpc) is 3.41. The molecule has 35 heavy (non-hydrogen) atoms. The summed E-state index contributed by atoms with van der Waals surface area (Å²) in [6.07, 6.45) is 1.65. The van der Waals surface area contributed by atoms with Gasteiger partial charge in [-0.2, -0.15) is 0 Å². The Hall–Kier alpha value is -4.14. The molecule has 1 aliphatic rings. The third-order valence-corrected chi connectivity index (χ3v) is 5.91. The van der Waals surface area contributed by atoms with Crippen molar-refractivity contribution in [3.8, 4) is 5.75 Å². The standard InChI is InChI=1S/C26H25FN2O6/c1-28(14-17-9-10-22(33-2)20(27)12-17)24(30)16-35-26(32)21-13-18-6-3-4-7-19(18)15-29(21)25(31)23-8-5-11-34-23/h3-12,21H,13-16H2,1-2H3. The summed E-state index contributed by atoms with van der Waals surface area (Å²) in [5.74, 6) is -1.89. The van der Waals surface area contributed by atoms with Crippen molar-refractivity contribution in [1.29, 1.82) is 0 Å². The average molecular weight is 480 g/mol. The predicted molar refractivity (Wildman–Crippen MR) is 123 cm³/mol. The minimum absolute atomic E-state index is 0.111. The Morgan fingerprint density at radius 3 is 2.57 bits per heavy atom. The molecule has 1 unspecified atom stereocenters. The summed E-state index contributed by atoms with van der Waals surface area (Å²) in [5, 5.41) is 0. The minimum atomic E-state index is -0.906. The van der Waals surface area contributed by atoms with Crippen LogP contribution in [0.25, 0.3) is 0 Å². The second-order valence-corrected chi connectivity index (χ2v) is 8.23. The molecule has 182 valence electrons. The van der Waals surface area contributed by atoms with Crippen LogP contribution in [0, 0.1) is 5.82 Å². The van der Waals surface area contributed by atoms with E-state index in [1.54, 1.807) is 12.1 Å². The lowest BCUT2D eigenvalue weighted by Crippen LogP contribution is -2.49. The molecule has 1 atom stereocenters. The number of furan rings is 1. The minimum Gasteiger partial charge on any atom is -0.494 e. The van der Waals surface area contributed by atoms with Gasteiger partial charge in [0.1, 0.15) is 6.04 Å². The van der Waals surface area contributed by atoms with Crippen molar-refractivity contribution in [2.24, 2.45) is 0 Å². The van der Waals surface area contributed by atoms with Crippen molar-refractivity contribution in [2.75, 3.05) is 20.8 Å². The van der Waals surface area contributed by atoms with E-state index in [-0.39, 0.29) is 31.0 Å². The van der Waals surface area contributed by atoms with Crippen LogP contribution in [0.1, 0.15) is 27.2 Å². The fourth-order valence-corrected chi connectivity index (χ4v) is 4.00. The molecule has 4 rings (SSSR count). The molecule has 2 amide bonds. The predicted octanol–water partition coefficient (Wildman–Crippen LogP) is 3.20. The molecule has 9 heteroatoms. The van der Waals surface area contributed by atoms with E-state index in [0.717, 1.165) is 11.1 Å². The Morgan fingerprint density at radius 2 is 1.89 bits per heavy atom. The number of halogens is 1. The Bertz CT molecular complexity index is 1230. The van der Waals surface area contributed by atoms with E-state index in [4.69, 9.17) is 13.9 Å². The number of carbonyl (C=O) groups excluding carboxylic acids is 3. The molecule has 0 bridgehead atoms. The number of fused-ring (bicyclic) bond motifs is 1. The normalized spacial score (nSPS) is 14.7. The van der Waals surface area contributed by atoms with Crippen LogP contribution in [-0.4, -0.2) is 54.4 Å². The van der Waals surface area contributed by atoms with Crippen LogP contribution in [-0.2, 0) is 33.8 Å². The summed E-state index contributed by atoms with van der Waals surface area (Å²) < 4.78 is 29.4. The highest BCUT2D eigenvalue weighted by molar-refractivity contribution is 5.95. The second kappa shape index (κ2) is 10.4. The van der Waals surface area contributed by atoms with Gasteiger partial charge in [0.25, 0.3) is 11.8 Å². The van der Waals surface area contributed by atoms with E-state index < -0.39 is 36.2 Å². The first-order valence-corrected chi connectivity index (χ1v) is 11.0. The lowest BCUT2D eigenvalue weighted by molar-refractivity contribution is -0.156. The van der Waals surface area contributed by atoms with Crippen molar-refractivity contribution in [3.05, 3.63) is 89.1 Å². The van der Waals surface area contributed by atoms with Crippen LogP contribution in [0.3, 0.4) is 0 Å². The SMILES string of the molecule is COc1ccc(CN(C)C(=O)COC(=O)C2Cc3ccccc3CN2C(=O)c2ccco2)cc1F. The molecule has 2 aromatic carbocycles. The maximum absolute atomic E-state index is 13.9. The summed E-state index contributed by atoms with van der Waals surface area (Å²) >= 11 is 0. The number of esters is 1. The van der Waals surface area contributed by atoms with E-state index in [9.17, 15) is 18.8 Å². The van der Waals surface area contributed by atoms with Crippen LogP contribution in [0.2, 0.25) is 0 Å². The molecule has 0 saturated carbocycles. The van der Waals surface area contributed by atoms with Gasteiger partial charge in [-0.25, -0.2) is 9.18 Å². The first-order chi connectivity index (χ1) is 16.9. The summed E-state index contributed by atoms with van der Waals surface area (Å²) in [6.45, 7) is -0.168. The second-order valence-electron chi connectivity index (χ2n) is 8.23. The zero-order valence-corrected chi connectivity index (χ0v) is 19.4. The van der Waals surface area contributed by atoms with Gasteiger partial charge in [-0.1, -0.05) is 30.3 Å². The molecule has 0 saturated heterocycles. The first kappa shape index (κ1) is 24.0. The lowest BCUT2D eigenvalue weighted by Gasteiger charge is -2.35. The lowest BCUT2D eigenvalue weighted by atomic mass is 9.93. The highest BCUT2D eigenvalue weighted by Gasteiger charge is 2.37. The highest BCUT2D eigenvalue weighted by atomic mass is 19.1. The number of nitrogens with zero attached hydrogens (tertiary/aromatic N) is 2. The molecule has 0 fully saturated rings. The zero-order chi connectivity index (χ0) is 24.9. The number of hydrogen-bond donors (Lipinski definition) is 0.